The van der Waals surface area contributed by atoms with Crippen LogP contribution in [0.1, 0.15) is 0 Å². The van der Waals surface area contributed by atoms with Gasteiger partial charge in [0.1, 0.15) is 5.58 Å². The number of benzene rings is 1. The molecule has 4 heterocycles. The number of para-hydroxylation sites is 1. The summed E-state index contributed by atoms with van der Waals surface area (Å²) < 4.78 is 5.87. The highest BCUT2D eigenvalue weighted by Crippen LogP contribution is 2.31. The summed E-state index contributed by atoms with van der Waals surface area (Å²) in [6.45, 7) is 0. The fourth-order valence-electron chi connectivity index (χ4n) is 2.94. The number of fused-ring (bicyclic) bond motifs is 4. The minimum absolute atomic E-state index is 0.636. The van der Waals surface area contributed by atoms with Crippen molar-refractivity contribution in [2.24, 2.45) is 0 Å². The average molecular weight is 297 g/mol. The lowest BCUT2D eigenvalue weighted by Gasteiger charge is -2.04. The van der Waals surface area contributed by atoms with E-state index in [1.165, 1.54) is 0 Å². The molecule has 0 aliphatic rings. The number of hydrogen-bond donors (Lipinski definition) is 0. The molecule has 4 nitrogen and oxygen atoms in total. The van der Waals surface area contributed by atoms with Crippen LogP contribution in [0, 0.1) is 0 Å². The molecule has 23 heavy (non-hydrogen) atoms. The monoisotopic (exact) mass is 297 g/mol. The van der Waals surface area contributed by atoms with E-state index in [-0.39, 0.29) is 0 Å². The zero-order chi connectivity index (χ0) is 15.2. The molecule has 0 unspecified atom stereocenters. The summed E-state index contributed by atoms with van der Waals surface area (Å²) in [6, 6.07) is 15.9. The predicted octanol–water partition coefficient (Wildman–Crippen LogP) is 4.59. The molecule has 0 N–H and O–H groups in total. The molecule has 0 saturated heterocycles. The van der Waals surface area contributed by atoms with E-state index in [0.717, 1.165) is 38.5 Å². The Balaban J connectivity index is 1.81. The van der Waals surface area contributed by atoms with Gasteiger partial charge < -0.3 is 4.42 Å². The maximum absolute atomic E-state index is 5.87. The molecular formula is C19H11N3O. The molecule has 0 aliphatic carbocycles. The normalized spacial score (nSPS) is 11.5. The fraction of sp³-hybridized carbons (Fsp3) is 0. The van der Waals surface area contributed by atoms with Crippen molar-refractivity contribution in [2.45, 2.75) is 0 Å². The summed E-state index contributed by atoms with van der Waals surface area (Å²) in [4.78, 5) is 13.5. The highest BCUT2D eigenvalue weighted by Gasteiger charge is 2.11. The third-order valence-electron chi connectivity index (χ3n) is 4.03. The van der Waals surface area contributed by atoms with E-state index in [9.17, 15) is 0 Å². The second-order valence-corrected chi connectivity index (χ2v) is 5.41. The van der Waals surface area contributed by atoms with E-state index < -0.39 is 0 Å². The summed E-state index contributed by atoms with van der Waals surface area (Å²) in [6.07, 6.45) is 5.39. The topological polar surface area (TPSA) is 51.8 Å². The van der Waals surface area contributed by atoms with Gasteiger partial charge in [0.25, 0.3) is 0 Å². The van der Waals surface area contributed by atoms with Crippen molar-refractivity contribution in [1.82, 2.24) is 15.0 Å². The number of hydrogen-bond acceptors (Lipinski definition) is 4. The predicted molar refractivity (Wildman–Crippen MR) is 90.0 cm³/mol. The molecule has 108 valence electrons. The van der Waals surface area contributed by atoms with E-state index in [1.54, 1.807) is 12.4 Å². The Morgan fingerprint density at radius 3 is 2.78 bits per heavy atom. The molecular weight excluding hydrogens is 286 g/mol. The molecule has 5 rings (SSSR count). The largest absolute Gasteiger partial charge is 0.438 e. The Labute approximate surface area is 131 Å². The van der Waals surface area contributed by atoms with Gasteiger partial charge in [-0.05, 0) is 30.3 Å². The van der Waals surface area contributed by atoms with Crippen molar-refractivity contribution in [1.29, 1.82) is 0 Å². The maximum Gasteiger partial charge on any atom is 0.227 e. The van der Waals surface area contributed by atoms with Crippen molar-refractivity contribution in [3.63, 3.8) is 0 Å². The van der Waals surface area contributed by atoms with E-state index >= 15 is 0 Å². The Bertz CT molecular complexity index is 1170. The Morgan fingerprint density at radius 2 is 1.78 bits per heavy atom. The highest BCUT2D eigenvalue weighted by atomic mass is 16.3. The first-order chi connectivity index (χ1) is 11.4. The van der Waals surface area contributed by atoms with Crippen molar-refractivity contribution in [3.8, 4) is 11.3 Å². The van der Waals surface area contributed by atoms with Gasteiger partial charge in [-0.3, -0.25) is 9.97 Å². The van der Waals surface area contributed by atoms with Gasteiger partial charge in [0.2, 0.25) is 5.71 Å². The van der Waals surface area contributed by atoms with E-state index in [4.69, 9.17) is 4.42 Å². The Hall–Kier alpha value is -3.27. The lowest BCUT2D eigenvalue weighted by molar-refractivity contribution is 0.654. The van der Waals surface area contributed by atoms with Crippen LogP contribution >= 0.6 is 0 Å². The summed E-state index contributed by atoms with van der Waals surface area (Å²) in [5.41, 5.74) is 4.10. The molecule has 0 bridgehead atoms. The zero-order valence-corrected chi connectivity index (χ0v) is 12.1. The van der Waals surface area contributed by atoms with Crippen LogP contribution in [-0.2, 0) is 0 Å². The minimum Gasteiger partial charge on any atom is -0.438 e. The maximum atomic E-state index is 5.87. The summed E-state index contributed by atoms with van der Waals surface area (Å²) >= 11 is 0. The summed E-state index contributed by atoms with van der Waals surface area (Å²) in [5.74, 6) is 0. The number of furan rings is 1. The molecule has 0 aliphatic heterocycles. The van der Waals surface area contributed by atoms with Crippen LogP contribution in [0.25, 0.3) is 44.2 Å². The standard InChI is InChI=1S/C19H11N3O/c1-2-6-17-13(5-1)14-7-8-16(22-19(14)23-17)15-11-20-10-12-4-3-9-21-18(12)15/h1-11H. The van der Waals surface area contributed by atoms with Crippen LogP contribution in [-0.4, -0.2) is 15.0 Å². The van der Waals surface area contributed by atoms with Gasteiger partial charge in [-0.25, -0.2) is 4.98 Å². The van der Waals surface area contributed by atoms with Crippen LogP contribution in [0.5, 0.6) is 0 Å². The van der Waals surface area contributed by atoms with Gasteiger partial charge in [-0.1, -0.05) is 18.2 Å². The van der Waals surface area contributed by atoms with Crippen LogP contribution in [0.3, 0.4) is 0 Å². The number of pyridine rings is 3. The molecule has 0 saturated carbocycles. The number of aromatic nitrogens is 3. The first kappa shape index (κ1) is 12.3. The third-order valence-corrected chi connectivity index (χ3v) is 4.03. The average Bonchev–Trinajstić information content (AvgIpc) is 2.99. The summed E-state index contributed by atoms with van der Waals surface area (Å²) in [5, 5.41) is 3.10. The lowest BCUT2D eigenvalue weighted by atomic mass is 10.1. The summed E-state index contributed by atoms with van der Waals surface area (Å²) in [7, 11) is 0. The van der Waals surface area contributed by atoms with Crippen molar-refractivity contribution < 1.29 is 4.42 Å². The van der Waals surface area contributed by atoms with E-state index in [0.29, 0.717) is 5.71 Å². The third kappa shape index (κ3) is 1.82. The second-order valence-electron chi connectivity index (χ2n) is 5.41. The molecule has 5 aromatic rings. The Kier molecular flexibility index (Phi) is 2.46. The number of rotatable bonds is 1. The zero-order valence-electron chi connectivity index (χ0n) is 12.1. The first-order valence-corrected chi connectivity index (χ1v) is 7.37. The molecule has 0 spiro atoms. The van der Waals surface area contributed by atoms with Crippen LogP contribution in [0.2, 0.25) is 0 Å². The highest BCUT2D eigenvalue weighted by molar-refractivity contribution is 6.04. The van der Waals surface area contributed by atoms with Crippen molar-refractivity contribution >= 4 is 33.0 Å². The van der Waals surface area contributed by atoms with Crippen LogP contribution < -0.4 is 0 Å². The molecule has 0 radical (unpaired) electrons. The molecule has 0 fully saturated rings. The molecule has 4 aromatic heterocycles. The van der Waals surface area contributed by atoms with Crippen LogP contribution in [0.4, 0.5) is 0 Å². The molecule has 0 atom stereocenters. The van der Waals surface area contributed by atoms with Gasteiger partial charge in [0.15, 0.2) is 0 Å². The molecule has 4 heteroatoms. The Morgan fingerprint density at radius 1 is 0.826 bits per heavy atom. The van der Waals surface area contributed by atoms with Gasteiger partial charge in [-0.15, -0.1) is 0 Å². The smallest absolute Gasteiger partial charge is 0.227 e. The SMILES string of the molecule is c1cnc2c(-c3ccc4c(n3)oc3ccccc34)cncc2c1. The van der Waals surface area contributed by atoms with Gasteiger partial charge in [0, 0.05) is 40.3 Å². The molecule has 0 amide bonds. The van der Waals surface area contributed by atoms with Gasteiger partial charge >= 0.3 is 0 Å². The minimum atomic E-state index is 0.636. The fourth-order valence-corrected chi connectivity index (χ4v) is 2.94. The van der Waals surface area contributed by atoms with Crippen molar-refractivity contribution in [2.75, 3.05) is 0 Å². The van der Waals surface area contributed by atoms with Crippen LogP contribution in [0.15, 0.2) is 71.5 Å². The van der Waals surface area contributed by atoms with Gasteiger partial charge in [0.05, 0.1) is 11.2 Å². The van der Waals surface area contributed by atoms with Crippen molar-refractivity contribution in [3.05, 3.63) is 67.1 Å². The number of nitrogens with zero attached hydrogens (tertiary/aromatic N) is 3. The first-order valence-electron chi connectivity index (χ1n) is 7.37. The molecule has 1 aromatic carbocycles. The van der Waals surface area contributed by atoms with E-state index in [1.807, 2.05) is 54.7 Å². The lowest BCUT2D eigenvalue weighted by Crippen LogP contribution is -1.89. The van der Waals surface area contributed by atoms with E-state index in [2.05, 4.69) is 15.0 Å². The van der Waals surface area contributed by atoms with Gasteiger partial charge in [-0.2, -0.15) is 0 Å². The second kappa shape index (κ2) is 4.61. The quantitative estimate of drug-likeness (QED) is 0.454.